The van der Waals surface area contributed by atoms with Crippen molar-refractivity contribution in [3.63, 3.8) is 0 Å². The molecule has 7 heteroatoms. The van der Waals surface area contributed by atoms with Gasteiger partial charge in [-0.05, 0) is 6.07 Å². The molecule has 0 N–H and O–H groups in total. The number of likely N-dealkylation sites (N-methyl/N-ethyl adjacent to an activating group) is 1. The van der Waals surface area contributed by atoms with E-state index in [9.17, 15) is 18.4 Å². The van der Waals surface area contributed by atoms with E-state index in [1.165, 1.54) is 27.6 Å². The minimum Gasteiger partial charge on any atom is -0.347 e. The maximum atomic E-state index is 13.8. The molecule has 1 aromatic rings. The van der Waals surface area contributed by atoms with Gasteiger partial charge in [0.1, 0.15) is 23.6 Å². The standard InChI is InChI=1S/C13H14F2N2O2S/c1-16(2)11(18)6-17-12(19)7-20-13(17)9-4-3-8(14)5-10(9)15/h3-5,13H,6-7H2,1-2H3/t13-/m0/s1. The molecule has 1 aliphatic rings. The van der Waals surface area contributed by atoms with Gasteiger partial charge < -0.3 is 9.80 Å². The van der Waals surface area contributed by atoms with Gasteiger partial charge in [-0.25, -0.2) is 8.78 Å². The van der Waals surface area contributed by atoms with Crippen LogP contribution in [0.1, 0.15) is 10.9 Å². The molecular formula is C13H14F2N2O2S. The molecule has 1 saturated heterocycles. The minimum absolute atomic E-state index is 0.111. The quantitative estimate of drug-likeness (QED) is 0.852. The second-order valence-electron chi connectivity index (χ2n) is 4.64. The summed E-state index contributed by atoms with van der Waals surface area (Å²) in [6.07, 6.45) is 0. The summed E-state index contributed by atoms with van der Waals surface area (Å²) >= 11 is 1.23. The van der Waals surface area contributed by atoms with Crippen LogP contribution in [0.25, 0.3) is 0 Å². The Morgan fingerprint density at radius 3 is 2.75 bits per heavy atom. The number of hydrogen-bond donors (Lipinski definition) is 0. The Labute approximate surface area is 119 Å². The Bertz CT molecular complexity index is 551. The van der Waals surface area contributed by atoms with Crippen molar-refractivity contribution >= 4 is 23.6 Å². The number of halogens is 2. The molecule has 0 aromatic heterocycles. The Hall–Kier alpha value is -1.63. The number of amides is 2. The SMILES string of the molecule is CN(C)C(=O)CN1C(=O)CS[C@H]1c1ccc(F)cc1F. The highest BCUT2D eigenvalue weighted by atomic mass is 32.2. The van der Waals surface area contributed by atoms with Crippen LogP contribution in [0.3, 0.4) is 0 Å². The molecule has 0 unspecified atom stereocenters. The fourth-order valence-corrected chi connectivity index (χ4v) is 3.08. The molecule has 1 aliphatic heterocycles. The molecule has 1 heterocycles. The lowest BCUT2D eigenvalue weighted by atomic mass is 10.2. The van der Waals surface area contributed by atoms with Gasteiger partial charge in [-0.2, -0.15) is 0 Å². The summed E-state index contributed by atoms with van der Waals surface area (Å²) < 4.78 is 26.7. The molecule has 0 aliphatic carbocycles. The molecular weight excluding hydrogens is 286 g/mol. The highest BCUT2D eigenvalue weighted by molar-refractivity contribution is 8.00. The number of rotatable bonds is 3. The summed E-state index contributed by atoms with van der Waals surface area (Å²) in [6.45, 7) is -0.111. The number of carbonyl (C=O) groups excluding carboxylic acids is 2. The first-order valence-corrected chi connectivity index (χ1v) is 7.01. The van der Waals surface area contributed by atoms with Crippen LogP contribution in [0.2, 0.25) is 0 Å². The largest absolute Gasteiger partial charge is 0.347 e. The molecule has 1 aromatic carbocycles. The van der Waals surface area contributed by atoms with Crippen LogP contribution in [0.4, 0.5) is 8.78 Å². The smallest absolute Gasteiger partial charge is 0.241 e. The van der Waals surface area contributed by atoms with Gasteiger partial charge in [-0.3, -0.25) is 9.59 Å². The van der Waals surface area contributed by atoms with E-state index in [4.69, 9.17) is 0 Å². The van der Waals surface area contributed by atoms with Crippen LogP contribution >= 0.6 is 11.8 Å². The summed E-state index contributed by atoms with van der Waals surface area (Å²) in [6, 6.07) is 3.24. The van der Waals surface area contributed by atoms with Gasteiger partial charge in [0.05, 0.1) is 5.75 Å². The third-order valence-corrected chi connectivity index (χ3v) is 4.24. The van der Waals surface area contributed by atoms with Crippen LogP contribution in [-0.2, 0) is 9.59 Å². The maximum Gasteiger partial charge on any atom is 0.241 e. The normalized spacial score (nSPS) is 18.5. The molecule has 2 amide bonds. The van der Waals surface area contributed by atoms with Crippen molar-refractivity contribution < 1.29 is 18.4 Å². The number of benzene rings is 1. The molecule has 0 spiro atoms. The Balaban J connectivity index is 2.25. The highest BCUT2D eigenvalue weighted by Gasteiger charge is 2.35. The monoisotopic (exact) mass is 300 g/mol. The second kappa shape index (κ2) is 5.78. The molecule has 108 valence electrons. The van der Waals surface area contributed by atoms with E-state index >= 15 is 0 Å². The second-order valence-corrected chi connectivity index (χ2v) is 5.71. The summed E-state index contributed by atoms with van der Waals surface area (Å²) in [5.41, 5.74) is 0.216. The van der Waals surface area contributed by atoms with E-state index in [1.54, 1.807) is 14.1 Å². The van der Waals surface area contributed by atoms with Gasteiger partial charge in [0.15, 0.2) is 0 Å². The Kier molecular flexibility index (Phi) is 4.27. The van der Waals surface area contributed by atoms with E-state index in [2.05, 4.69) is 0 Å². The predicted molar refractivity (Wildman–Crippen MR) is 72.0 cm³/mol. The third kappa shape index (κ3) is 2.92. The van der Waals surface area contributed by atoms with Crippen molar-refractivity contribution in [1.29, 1.82) is 0 Å². The Morgan fingerprint density at radius 2 is 2.15 bits per heavy atom. The van der Waals surface area contributed by atoms with Crippen LogP contribution in [0.15, 0.2) is 18.2 Å². The first-order chi connectivity index (χ1) is 9.40. The van der Waals surface area contributed by atoms with Crippen molar-refractivity contribution in [3.8, 4) is 0 Å². The summed E-state index contributed by atoms with van der Waals surface area (Å²) in [5, 5.41) is -0.591. The average molecular weight is 300 g/mol. The molecule has 0 saturated carbocycles. The van der Waals surface area contributed by atoms with Crippen molar-refractivity contribution in [3.05, 3.63) is 35.4 Å². The van der Waals surface area contributed by atoms with Gasteiger partial charge in [0.25, 0.3) is 0 Å². The molecule has 0 radical (unpaired) electrons. The summed E-state index contributed by atoms with van der Waals surface area (Å²) in [4.78, 5) is 26.3. The summed E-state index contributed by atoms with van der Waals surface area (Å²) in [5.74, 6) is -1.66. The van der Waals surface area contributed by atoms with Gasteiger partial charge in [-0.1, -0.05) is 6.07 Å². The molecule has 1 fully saturated rings. The fraction of sp³-hybridized carbons (Fsp3) is 0.385. The average Bonchev–Trinajstić information content (AvgIpc) is 2.71. The molecule has 0 bridgehead atoms. The molecule has 4 nitrogen and oxygen atoms in total. The van der Waals surface area contributed by atoms with E-state index in [1.807, 2.05) is 0 Å². The fourth-order valence-electron chi connectivity index (χ4n) is 1.87. The molecule has 2 rings (SSSR count). The van der Waals surface area contributed by atoms with E-state index in [-0.39, 0.29) is 29.7 Å². The van der Waals surface area contributed by atoms with Crippen molar-refractivity contribution in [1.82, 2.24) is 9.80 Å². The lowest BCUT2D eigenvalue weighted by Gasteiger charge is -2.25. The first-order valence-electron chi connectivity index (χ1n) is 5.96. The highest BCUT2D eigenvalue weighted by Crippen LogP contribution is 2.39. The van der Waals surface area contributed by atoms with Gasteiger partial charge in [0, 0.05) is 25.7 Å². The Morgan fingerprint density at radius 1 is 1.45 bits per heavy atom. The van der Waals surface area contributed by atoms with Crippen LogP contribution < -0.4 is 0 Å². The van der Waals surface area contributed by atoms with Crippen molar-refractivity contribution in [2.45, 2.75) is 5.37 Å². The number of hydrogen-bond acceptors (Lipinski definition) is 3. The van der Waals surface area contributed by atoms with Crippen molar-refractivity contribution in [2.24, 2.45) is 0 Å². The van der Waals surface area contributed by atoms with E-state index < -0.39 is 17.0 Å². The van der Waals surface area contributed by atoms with E-state index in [0.717, 1.165) is 12.1 Å². The van der Waals surface area contributed by atoms with Crippen LogP contribution in [-0.4, -0.2) is 48.0 Å². The summed E-state index contributed by atoms with van der Waals surface area (Å²) in [7, 11) is 3.17. The van der Waals surface area contributed by atoms with Gasteiger partial charge >= 0.3 is 0 Å². The van der Waals surface area contributed by atoms with E-state index in [0.29, 0.717) is 0 Å². The topological polar surface area (TPSA) is 40.6 Å². The predicted octanol–water partition coefficient (Wildman–Crippen LogP) is 1.63. The number of nitrogens with zero attached hydrogens (tertiary/aromatic N) is 2. The third-order valence-electron chi connectivity index (χ3n) is 3.00. The van der Waals surface area contributed by atoms with Crippen LogP contribution in [0, 0.1) is 11.6 Å². The van der Waals surface area contributed by atoms with Gasteiger partial charge in [-0.15, -0.1) is 11.8 Å². The van der Waals surface area contributed by atoms with Crippen LogP contribution in [0.5, 0.6) is 0 Å². The first kappa shape index (κ1) is 14.8. The minimum atomic E-state index is -0.709. The number of thioether (sulfide) groups is 1. The lowest BCUT2D eigenvalue weighted by Crippen LogP contribution is -2.38. The zero-order chi connectivity index (χ0) is 14.9. The molecule has 20 heavy (non-hydrogen) atoms. The zero-order valence-corrected chi connectivity index (χ0v) is 11.9. The van der Waals surface area contributed by atoms with Gasteiger partial charge in [0.2, 0.25) is 11.8 Å². The maximum absolute atomic E-state index is 13.8. The molecule has 1 atom stereocenters. The zero-order valence-electron chi connectivity index (χ0n) is 11.1. The lowest BCUT2D eigenvalue weighted by molar-refractivity contribution is -0.137. The number of carbonyl (C=O) groups is 2. The van der Waals surface area contributed by atoms with Crippen molar-refractivity contribution in [2.75, 3.05) is 26.4 Å².